The van der Waals surface area contributed by atoms with Gasteiger partial charge in [0.25, 0.3) is 0 Å². The van der Waals surface area contributed by atoms with Crippen molar-refractivity contribution < 1.29 is 0 Å². The number of H-pyrrole nitrogens is 2. The Balaban J connectivity index is 1.66. The van der Waals surface area contributed by atoms with E-state index in [-0.39, 0.29) is 6.04 Å². The minimum Gasteiger partial charge on any atom is -0.359 e. The van der Waals surface area contributed by atoms with E-state index in [0.717, 1.165) is 39.9 Å². The smallest absolute Gasteiger partial charge is 0.0745 e. The Morgan fingerprint density at radius 3 is 2.62 bits per heavy atom. The van der Waals surface area contributed by atoms with Crippen molar-refractivity contribution in [2.24, 2.45) is 9.98 Å². The molecule has 2 aromatic rings. The first-order valence-corrected chi connectivity index (χ1v) is 8.11. The van der Waals surface area contributed by atoms with Gasteiger partial charge in [-0.2, -0.15) is 0 Å². The van der Waals surface area contributed by atoms with Crippen LogP contribution in [0.3, 0.4) is 0 Å². The molecule has 1 atom stereocenters. The van der Waals surface area contributed by atoms with Crippen molar-refractivity contribution >= 4 is 29.7 Å². The van der Waals surface area contributed by atoms with Crippen LogP contribution in [-0.4, -0.2) is 27.4 Å². The number of aromatic nitrogens is 2. The third-order valence-electron chi connectivity index (χ3n) is 4.33. The largest absolute Gasteiger partial charge is 0.359 e. The fraction of sp³-hybridized carbons (Fsp3) is 0.100. The van der Waals surface area contributed by atoms with Crippen molar-refractivity contribution in [3.8, 4) is 0 Å². The van der Waals surface area contributed by atoms with E-state index in [2.05, 4.69) is 69.6 Å². The average molecular weight is 312 g/mol. The van der Waals surface area contributed by atoms with E-state index in [9.17, 15) is 0 Å². The molecule has 0 spiro atoms. The van der Waals surface area contributed by atoms with Crippen molar-refractivity contribution in [2.45, 2.75) is 12.5 Å². The van der Waals surface area contributed by atoms with Gasteiger partial charge in [-0.05, 0) is 60.7 Å². The number of fused-ring (bicyclic) bond motifs is 6. The molecular formula is C20H16N4. The van der Waals surface area contributed by atoms with Gasteiger partial charge in [0.1, 0.15) is 0 Å². The van der Waals surface area contributed by atoms with Crippen molar-refractivity contribution in [1.82, 2.24) is 9.97 Å². The van der Waals surface area contributed by atoms with Gasteiger partial charge >= 0.3 is 0 Å². The van der Waals surface area contributed by atoms with Gasteiger partial charge in [-0.1, -0.05) is 6.08 Å². The highest BCUT2D eigenvalue weighted by atomic mass is 14.8. The summed E-state index contributed by atoms with van der Waals surface area (Å²) in [5.74, 6) is 0. The molecule has 24 heavy (non-hydrogen) atoms. The van der Waals surface area contributed by atoms with E-state index in [4.69, 9.17) is 4.99 Å². The number of aromatic amines is 2. The highest BCUT2D eigenvalue weighted by molar-refractivity contribution is 6.19. The van der Waals surface area contributed by atoms with Crippen molar-refractivity contribution in [1.29, 1.82) is 0 Å². The molecule has 8 bridgehead atoms. The topological polar surface area (TPSA) is 56.3 Å². The van der Waals surface area contributed by atoms with Crippen molar-refractivity contribution in [2.75, 3.05) is 0 Å². The molecule has 116 valence electrons. The Labute approximate surface area is 139 Å². The van der Waals surface area contributed by atoms with Crippen LogP contribution in [0.15, 0.2) is 64.3 Å². The maximum absolute atomic E-state index is 4.77. The number of hydrogen-bond donors (Lipinski definition) is 2. The summed E-state index contributed by atoms with van der Waals surface area (Å²) in [4.78, 5) is 16.3. The standard InChI is InChI=1S/C20H16N4/c1-2-14-10-16-5-6-18(23-16)12-20-8-7-19(24-20)11-17-4-3-15(22-17)9-13(1)21-14/h1-11,18,21,24H,12H2/b13-9-,14-10-,17-11-. The lowest BCUT2D eigenvalue weighted by atomic mass is 10.2. The van der Waals surface area contributed by atoms with Gasteiger partial charge in [0, 0.05) is 28.5 Å². The van der Waals surface area contributed by atoms with Crippen LogP contribution in [0.25, 0.3) is 18.2 Å². The minimum atomic E-state index is 0.195. The average Bonchev–Trinajstić information content (AvgIpc) is 3.32. The first-order valence-electron chi connectivity index (χ1n) is 8.11. The second-order valence-corrected chi connectivity index (χ2v) is 6.22. The summed E-state index contributed by atoms with van der Waals surface area (Å²) in [7, 11) is 0. The number of aliphatic imine (C=N–C) groups is 2. The molecule has 1 unspecified atom stereocenters. The lowest BCUT2D eigenvalue weighted by molar-refractivity contribution is 0.807. The molecule has 0 saturated carbocycles. The normalized spacial score (nSPS) is 26.0. The highest BCUT2D eigenvalue weighted by Crippen LogP contribution is 2.17. The van der Waals surface area contributed by atoms with E-state index >= 15 is 0 Å². The fourth-order valence-electron chi connectivity index (χ4n) is 3.21. The van der Waals surface area contributed by atoms with E-state index in [1.54, 1.807) is 0 Å². The molecule has 5 heterocycles. The van der Waals surface area contributed by atoms with Gasteiger partial charge in [0.05, 0.1) is 23.2 Å². The van der Waals surface area contributed by atoms with Crippen LogP contribution in [-0.2, 0) is 6.42 Å². The zero-order valence-electron chi connectivity index (χ0n) is 13.0. The van der Waals surface area contributed by atoms with Crippen LogP contribution in [0.4, 0.5) is 0 Å². The Morgan fingerprint density at radius 2 is 1.71 bits per heavy atom. The molecule has 0 radical (unpaired) electrons. The summed E-state index contributed by atoms with van der Waals surface area (Å²) in [5, 5.41) is 2.09. The molecule has 2 aromatic heterocycles. The van der Waals surface area contributed by atoms with E-state index in [1.165, 1.54) is 5.69 Å². The van der Waals surface area contributed by atoms with Crippen molar-refractivity contribution in [3.05, 3.63) is 76.4 Å². The van der Waals surface area contributed by atoms with Crippen LogP contribution < -0.4 is 10.7 Å². The zero-order chi connectivity index (χ0) is 15.9. The van der Waals surface area contributed by atoms with E-state index in [1.807, 2.05) is 12.2 Å². The Kier molecular flexibility index (Phi) is 2.88. The summed E-state index contributed by atoms with van der Waals surface area (Å²) in [6.07, 6.45) is 15.4. The minimum absolute atomic E-state index is 0.195. The molecule has 2 N–H and O–H groups in total. The van der Waals surface area contributed by atoms with E-state index < -0.39 is 0 Å². The Bertz CT molecular complexity index is 1080. The predicted molar refractivity (Wildman–Crippen MR) is 98.4 cm³/mol. The maximum Gasteiger partial charge on any atom is 0.0745 e. The molecule has 0 aliphatic carbocycles. The van der Waals surface area contributed by atoms with Crippen LogP contribution >= 0.6 is 0 Å². The quantitative estimate of drug-likeness (QED) is 0.746. The molecule has 4 nitrogen and oxygen atoms in total. The molecule has 0 aromatic carbocycles. The van der Waals surface area contributed by atoms with Crippen LogP contribution in [0, 0.1) is 0 Å². The molecule has 3 aliphatic rings. The highest BCUT2D eigenvalue weighted by Gasteiger charge is 2.12. The molecule has 0 fully saturated rings. The van der Waals surface area contributed by atoms with Gasteiger partial charge < -0.3 is 9.97 Å². The third-order valence-corrected chi connectivity index (χ3v) is 4.33. The number of hydrogen-bond acceptors (Lipinski definition) is 2. The molecule has 3 aliphatic heterocycles. The second-order valence-electron chi connectivity index (χ2n) is 6.22. The molecule has 5 rings (SSSR count). The number of allylic oxidation sites excluding steroid dienone is 3. The second kappa shape index (κ2) is 5.20. The zero-order valence-corrected chi connectivity index (χ0v) is 13.0. The fourth-order valence-corrected chi connectivity index (χ4v) is 3.21. The monoisotopic (exact) mass is 312 g/mol. The van der Waals surface area contributed by atoms with E-state index in [0.29, 0.717) is 0 Å². The third kappa shape index (κ3) is 2.52. The van der Waals surface area contributed by atoms with Crippen LogP contribution in [0.1, 0.15) is 11.4 Å². The summed E-state index contributed by atoms with van der Waals surface area (Å²) >= 11 is 0. The first-order chi connectivity index (χ1) is 11.8. The lowest BCUT2D eigenvalue weighted by Gasteiger charge is -2.02. The molecule has 0 saturated heterocycles. The number of nitrogens with zero attached hydrogens (tertiary/aromatic N) is 2. The molecule has 4 heteroatoms. The van der Waals surface area contributed by atoms with Gasteiger partial charge in [0.15, 0.2) is 0 Å². The summed E-state index contributed by atoms with van der Waals surface area (Å²) in [5.41, 5.74) is 5.18. The predicted octanol–water partition coefficient (Wildman–Crippen LogP) is 1.89. The number of rotatable bonds is 0. The SMILES string of the molecule is C1=C/C2=C/c3ccc([nH]3)CC3C=CC(=N3)/C=c3/cc/c([nH]3)=C/C1=N2. The first kappa shape index (κ1) is 13.3. The summed E-state index contributed by atoms with van der Waals surface area (Å²) in [6.45, 7) is 0. The Morgan fingerprint density at radius 1 is 0.833 bits per heavy atom. The van der Waals surface area contributed by atoms with Gasteiger partial charge in [0.2, 0.25) is 0 Å². The summed E-state index contributed by atoms with van der Waals surface area (Å²) < 4.78 is 0. The Hall–Kier alpha value is -3.14. The van der Waals surface area contributed by atoms with Gasteiger partial charge in [-0.3, -0.25) is 4.99 Å². The van der Waals surface area contributed by atoms with Crippen LogP contribution in [0.5, 0.6) is 0 Å². The molecule has 0 amide bonds. The van der Waals surface area contributed by atoms with Crippen molar-refractivity contribution in [3.63, 3.8) is 0 Å². The van der Waals surface area contributed by atoms with Gasteiger partial charge in [-0.25, -0.2) is 4.99 Å². The van der Waals surface area contributed by atoms with Gasteiger partial charge in [-0.15, -0.1) is 0 Å². The lowest BCUT2D eigenvalue weighted by Crippen LogP contribution is -2.12. The number of nitrogens with one attached hydrogen (secondary N) is 2. The maximum atomic E-state index is 4.77. The van der Waals surface area contributed by atoms with Crippen LogP contribution in [0.2, 0.25) is 0 Å². The summed E-state index contributed by atoms with van der Waals surface area (Å²) in [6, 6.07) is 8.55. The molecular weight excluding hydrogens is 296 g/mol.